The van der Waals surface area contributed by atoms with Gasteiger partial charge in [0.05, 0.1) is 46.2 Å². The van der Waals surface area contributed by atoms with Gasteiger partial charge < -0.3 is 24.8 Å². The number of hydrogen-bond donors (Lipinski definition) is 4. The van der Waals surface area contributed by atoms with Crippen molar-refractivity contribution in [1.29, 1.82) is 0 Å². The number of ether oxygens (including phenoxy) is 2. The van der Waals surface area contributed by atoms with E-state index in [-0.39, 0.29) is 69.0 Å². The second kappa shape index (κ2) is 13.3. The molecule has 188 valence electrons. The van der Waals surface area contributed by atoms with Crippen LogP contribution in [-0.4, -0.2) is 74.5 Å². The van der Waals surface area contributed by atoms with Crippen molar-refractivity contribution >= 4 is 21.4 Å². The Morgan fingerprint density at radius 2 is 1.62 bits per heavy atom. The van der Waals surface area contributed by atoms with Crippen LogP contribution in [0, 0.1) is 13.8 Å². The third-order valence-electron chi connectivity index (χ3n) is 4.83. The fourth-order valence-corrected chi connectivity index (χ4v) is 4.09. The van der Waals surface area contributed by atoms with Gasteiger partial charge in [-0.1, -0.05) is 12.1 Å². The van der Waals surface area contributed by atoms with E-state index in [0.717, 1.165) is 4.57 Å². The maximum absolute atomic E-state index is 12.7. The lowest BCUT2D eigenvalue weighted by Gasteiger charge is -2.14. The molecule has 34 heavy (non-hydrogen) atoms. The van der Waals surface area contributed by atoms with E-state index in [4.69, 9.17) is 19.7 Å². The van der Waals surface area contributed by atoms with Gasteiger partial charge in [-0.25, -0.2) is 13.1 Å². The van der Waals surface area contributed by atoms with Crippen LogP contribution in [0.15, 0.2) is 44.2 Å². The fourth-order valence-electron chi connectivity index (χ4n) is 2.95. The number of nitrogens with one attached hydrogen (secondary N) is 1. The first kappa shape index (κ1) is 27.6. The average molecular weight is 499 g/mol. The lowest BCUT2D eigenvalue weighted by molar-refractivity contribution is 0.0854. The van der Waals surface area contributed by atoms with Gasteiger partial charge in [0.1, 0.15) is 16.3 Å². The van der Waals surface area contributed by atoms with Crippen molar-refractivity contribution < 1.29 is 33.2 Å². The molecular weight excluding hydrogens is 468 g/mol. The summed E-state index contributed by atoms with van der Waals surface area (Å²) in [6, 6.07) is 5.95. The summed E-state index contributed by atoms with van der Waals surface area (Å²) in [5.41, 5.74) is 0.387. The fraction of sp³-hybridized carbons (Fsp3) is 0.476. The first-order valence-electron chi connectivity index (χ1n) is 10.5. The molecular formula is C21H30N4O8S. The first-order chi connectivity index (χ1) is 16.2. The summed E-state index contributed by atoms with van der Waals surface area (Å²) in [6.07, 6.45) is 0. The number of aromatic hydroxyl groups is 1. The van der Waals surface area contributed by atoms with Crippen molar-refractivity contribution in [2.75, 3.05) is 46.2 Å². The Labute approximate surface area is 197 Å². The van der Waals surface area contributed by atoms with Gasteiger partial charge >= 0.3 is 0 Å². The average Bonchev–Trinajstić information content (AvgIpc) is 2.82. The molecule has 0 saturated heterocycles. The maximum atomic E-state index is 12.7. The number of aromatic nitrogens is 1. The summed E-state index contributed by atoms with van der Waals surface area (Å²) in [6.45, 7) is 3.25. The molecule has 4 N–H and O–H groups in total. The number of sulfonamides is 1. The van der Waals surface area contributed by atoms with Crippen LogP contribution in [0.2, 0.25) is 0 Å². The lowest BCUT2D eigenvalue weighted by Crippen LogP contribution is -2.27. The Hall–Kier alpha value is -2.68. The summed E-state index contributed by atoms with van der Waals surface area (Å²) in [7, 11) is -3.94. The monoisotopic (exact) mass is 498 g/mol. The standard InChI is InChI=1S/C21H30N4O8S/c1-15-16(2)20(28)25(8-12-33-14-10-27)21(29)19(15)24-23-17-5-3-4-6-18(17)34(30,31)22-7-11-32-13-9-26/h3-6,22,26-27,29H,7-14H2,1-2H3/b24-23+. The molecule has 0 unspecified atom stereocenters. The van der Waals surface area contributed by atoms with E-state index < -0.39 is 21.5 Å². The Morgan fingerprint density at radius 1 is 0.971 bits per heavy atom. The minimum Gasteiger partial charge on any atom is -0.493 e. The van der Waals surface area contributed by atoms with Gasteiger partial charge in [0.15, 0.2) is 0 Å². The van der Waals surface area contributed by atoms with Crippen molar-refractivity contribution in [3.05, 3.63) is 45.7 Å². The zero-order valence-electron chi connectivity index (χ0n) is 19.1. The highest BCUT2D eigenvalue weighted by atomic mass is 32.2. The number of rotatable bonds is 14. The quantitative estimate of drug-likeness (QED) is 0.219. The lowest BCUT2D eigenvalue weighted by atomic mass is 10.1. The zero-order chi connectivity index (χ0) is 25.1. The van der Waals surface area contributed by atoms with Crippen molar-refractivity contribution in [3.63, 3.8) is 0 Å². The molecule has 0 aliphatic carbocycles. The Kier molecular flexibility index (Phi) is 10.8. The van der Waals surface area contributed by atoms with Crippen LogP contribution < -0.4 is 10.3 Å². The van der Waals surface area contributed by atoms with Crippen molar-refractivity contribution in [2.24, 2.45) is 10.2 Å². The topological polar surface area (TPSA) is 172 Å². The van der Waals surface area contributed by atoms with Gasteiger partial charge in [0, 0.05) is 12.1 Å². The molecule has 0 spiro atoms. The highest BCUT2D eigenvalue weighted by molar-refractivity contribution is 7.89. The number of pyridine rings is 1. The summed E-state index contributed by atoms with van der Waals surface area (Å²) in [4.78, 5) is 12.4. The maximum Gasteiger partial charge on any atom is 0.256 e. The molecule has 2 aromatic rings. The van der Waals surface area contributed by atoms with Crippen molar-refractivity contribution in [3.8, 4) is 5.88 Å². The van der Waals surface area contributed by atoms with E-state index in [0.29, 0.717) is 11.1 Å². The largest absolute Gasteiger partial charge is 0.493 e. The molecule has 1 aromatic carbocycles. The molecule has 0 amide bonds. The third kappa shape index (κ3) is 7.16. The Balaban J connectivity index is 2.34. The van der Waals surface area contributed by atoms with Gasteiger partial charge in [-0.3, -0.25) is 9.36 Å². The molecule has 1 heterocycles. The molecule has 12 nitrogen and oxygen atoms in total. The number of nitrogens with zero attached hydrogens (tertiary/aromatic N) is 3. The van der Waals surface area contributed by atoms with Crippen LogP contribution in [-0.2, 0) is 26.0 Å². The van der Waals surface area contributed by atoms with Crippen LogP contribution in [0.25, 0.3) is 0 Å². The molecule has 1 aromatic heterocycles. The highest BCUT2D eigenvalue weighted by Crippen LogP contribution is 2.33. The van der Waals surface area contributed by atoms with Gasteiger partial charge in [-0.05, 0) is 31.5 Å². The number of benzene rings is 1. The molecule has 0 atom stereocenters. The Morgan fingerprint density at radius 3 is 2.29 bits per heavy atom. The second-order valence-electron chi connectivity index (χ2n) is 7.12. The smallest absolute Gasteiger partial charge is 0.256 e. The minimum absolute atomic E-state index is 0.00375. The number of hydrogen-bond acceptors (Lipinski definition) is 10. The first-order valence-corrected chi connectivity index (χ1v) is 12.0. The van der Waals surface area contributed by atoms with Crippen LogP contribution in [0.5, 0.6) is 5.88 Å². The van der Waals surface area contributed by atoms with Crippen LogP contribution in [0.1, 0.15) is 11.1 Å². The van der Waals surface area contributed by atoms with Crippen LogP contribution >= 0.6 is 0 Å². The SMILES string of the molecule is Cc1c(/N=N/c2ccccc2S(=O)(=O)NCCOCCO)c(O)n(CCOCCO)c(=O)c1C. The highest BCUT2D eigenvalue weighted by Gasteiger charge is 2.20. The number of aliphatic hydroxyl groups excluding tert-OH is 2. The van der Waals surface area contributed by atoms with E-state index in [1.807, 2.05) is 0 Å². The van der Waals surface area contributed by atoms with Gasteiger partial charge in [-0.15, -0.1) is 10.2 Å². The minimum atomic E-state index is -3.94. The van der Waals surface area contributed by atoms with Crippen LogP contribution in [0.4, 0.5) is 11.4 Å². The molecule has 0 aliphatic rings. The zero-order valence-corrected chi connectivity index (χ0v) is 19.9. The summed E-state index contributed by atoms with van der Waals surface area (Å²) in [5.74, 6) is -0.427. The van der Waals surface area contributed by atoms with E-state index in [1.165, 1.54) is 18.2 Å². The molecule has 0 bridgehead atoms. The van der Waals surface area contributed by atoms with Crippen LogP contribution in [0.3, 0.4) is 0 Å². The summed E-state index contributed by atoms with van der Waals surface area (Å²) < 4.78 is 39.1. The number of azo groups is 1. The van der Waals surface area contributed by atoms with E-state index in [9.17, 15) is 18.3 Å². The van der Waals surface area contributed by atoms with E-state index >= 15 is 0 Å². The van der Waals surface area contributed by atoms with Crippen molar-refractivity contribution in [2.45, 2.75) is 25.3 Å². The number of aliphatic hydroxyl groups is 2. The molecule has 0 saturated carbocycles. The molecule has 2 rings (SSSR count). The molecule has 0 fully saturated rings. The molecule has 0 radical (unpaired) electrons. The summed E-state index contributed by atoms with van der Waals surface area (Å²) >= 11 is 0. The van der Waals surface area contributed by atoms with E-state index in [2.05, 4.69) is 15.0 Å². The predicted molar refractivity (Wildman–Crippen MR) is 123 cm³/mol. The summed E-state index contributed by atoms with van der Waals surface area (Å²) in [5, 5.41) is 36.3. The normalized spacial score (nSPS) is 12.0. The van der Waals surface area contributed by atoms with E-state index in [1.54, 1.807) is 19.9 Å². The van der Waals surface area contributed by atoms with Crippen molar-refractivity contribution in [1.82, 2.24) is 9.29 Å². The van der Waals surface area contributed by atoms with Gasteiger partial charge in [-0.2, -0.15) is 0 Å². The predicted octanol–water partition coefficient (Wildman–Crippen LogP) is 0.882. The Bertz CT molecular complexity index is 1150. The molecule has 13 heteroatoms. The van der Waals surface area contributed by atoms with Gasteiger partial charge in [0.25, 0.3) is 5.56 Å². The third-order valence-corrected chi connectivity index (χ3v) is 6.34. The van der Waals surface area contributed by atoms with Gasteiger partial charge in [0.2, 0.25) is 15.9 Å². The molecule has 0 aliphatic heterocycles. The second-order valence-corrected chi connectivity index (χ2v) is 8.85.